The van der Waals surface area contributed by atoms with E-state index in [9.17, 15) is 5.11 Å². The Hall–Kier alpha value is -1.20. The smallest absolute Gasteiger partial charge is 0.0900 e. The molecule has 132 valence electrons. The van der Waals surface area contributed by atoms with Crippen LogP contribution >= 0.6 is 11.3 Å². The minimum atomic E-state index is -0.458. The van der Waals surface area contributed by atoms with Gasteiger partial charge in [0.15, 0.2) is 0 Å². The number of aliphatic hydroxyl groups excluding tert-OH is 1. The van der Waals surface area contributed by atoms with Crippen molar-refractivity contribution >= 4 is 11.3 Å². The minimum Gasteiger partial charge on any atom is -0.389 e. The summed E-state index contributed by atoms with van der Waals surface area (Å²) in [7, 11) is 0. The second kappa shape index (κ2) is 10.6. The molecule has 0 saturated carbocycles. The van der Waals surface area contributed by atoms with Gasteiger partial charge in [0.2, 0.25) is 0 Å². The van der Waals surface area contributed by atoms with Crippen LogP contribution in [-0.2, 0) is 17.9 Å². The average Bonchev–Trinajstić information content (AvgIpc) is 3.06. The third-order valence-corrected chi connectivity index (χ3v) is 4.73. The molecule has 24 heavy (non-hydrogen) atoms. The van der Waals surface area contributed by atoms with Crippen molar-refractivity contribution in [1.29, 1.82) is 0 Å². The summed E-state index contributed by atoms with van der Waals surface area (Å²) in [6.45, 7) is 7.96. The van der Waals surface area contributed by atoms with E-state index in [2.05, 4.69) is 36.3 Å². The van der Waals surface area contributed by atoms with Crippen LogP contribution in [0, 0.1) is 5.92 Å². The molecule has 0 amide bonds. The lowest BCUT2D eigenvalue weighted by Crippen LogP contribution is -2.35. The lowest BCUT2D eigenvalue weighted by Gasteiger charge is -2.25. The van der Waals surface area contributed by atoms with Crippen LogP contribution in [0.2, 0.25) is 0 Å². The molecule has 0 radical (unpaired) electrons. The molecule has 1 aromatic carbocycles. The number of aliphatic hydroxyl groups is 1. The predicted octanol–water partition coefficient (Wildman–Crippen LogP) is 4.17. The number of nitrogens with zero attached hydrogens (tertiary/aromatic N) is 1. The Morgan fingerprint density at radius 2 is 1.92 bits per heavy atom. The third kappa shape index (κ3) is 7.58. The Kier molecular flexibility index (Phi) is 8.47. The van der Waals surface area contributed by atoms with Crippen molar-refractivity contribution in [3.63, 3.8) is 0 Å². The highest BCUT2D eigenvalue weighted by Crippen LogP contribution is 2.14. The van der Waals surface area contributed by atoms with Crippen molar-refractivity contribution in [2.75, 3.05) is 19.7 Å². The van der Waals surface area contributed by atoms with Crippen LogP contribution in [-0.4, -0.2) is 35.8 Å². The van der Waals surface area contributed by atoms with Crippen LogP contribution in [0.1, 0.15) is 30.7 Å². The van der Waals surface area contributed by atoms with E-state index >= 15 is 0 Å². The highest BCUT2D eigenvalue weighted by molar-refractivity contribution is 7.09. The third-order valence-electron chi connectivity index (χ3n) is 3.87. The van der Waals surface area contributed by atoms with Gasteiger partial charge in [-0.2, -0.15) is 0 Å². The van der Waals surface area contributed by atoms with Gasteiger partial charge in [0.05, 0.1) is 19.3 Å². The van der Waals surface area contributed by atoms with E-state index in [1.165, 1.54) is 4.88 Å². The normalized spacial score (nSPS) is 12.9. The van der Waals surface area contributed by atoms with E-state index < -0.39 is 6.10 Å². The Labute approximate surface area is 149 Å². The zero-order valence-corrected chi connectivity index (χ0v) is 15.5. The molecule has 0 spiro atoms. The summed E-state index contributed by atoms with van der Waals surface area (Å²) < 4.78 is 5.67. The maximum atomic E-state index is 10.3. The van der Waals surface area contributed by atoms with E-state index in [1.54, 1.807) is 11.3 Å². The first kappa shape index (κ1) is 19.1. The maximum absolute atomic E-state index is 10.3. The van der Waals surface area contributed by atoms with Gasteiger partial charge in [0, 0.05) is 18.0 Å². The number of hydrogen-bond acceptors (Lipinski definition) is 4. The first-order chi connectivity index (χ1) is 11.6. The van der Waals surface area contributed by atoms with E-state index in [0.717, 1.165) is 25.1 Å². The molecule has 3 nitrogen and oxygen atoms in total. The molecule has 0 aliphatic carbocycles. The van der Waals surface area contributed by atoms with Gasteiger partial charge < -0.3 is 9.84 Å². The molecule has 0 fully saturated rings. The molecular weight excluding hydrogens is 318 g/mol. The van der Waals surface area contributed by atoms with Gasteiger partial charge in [-0.3, -0.25) is 4.90 Å². The lowest BCUT2D eigenvalue weighted by atomic mass is 10.1. The molecule has 1 N–H and O–H groups in total. The zero-order chi connectivity index (χ0) is 17.2. The molecule has 2 aromatic rings. The summed E-state index contributed by atoms with van der Waals surface area (Å²) in [4.78, 5) is 3.68. The largest absolute Gasteiger partial charge is 0.389 e. The second-order valence-corrected chi connectivity index (χ2v) is 7.68. The Bertz CT molecular complexity index is 542. The maximum Gasteiger partial charge on any atom is 0.0900 e. The molecule has 1 heterocycles. The van der Waals surface area contributed by atoms with Gasteiger partial charge in [-0.05, 0) is 35.9 Å². The Morgan fingerprint density at radius 1 is 1.12 bits per heavy atom. The summed E-state index contributed by atoms with van der Waals surface area (Å²) in [5.41, 5.74) is 1.14. The second-order valence-electron chi connectivity index (χ2n) is 6.65. The summed E-state index contributed by atoms with van der Waals surface area (Å²) in [5.74, 6) is 0.669. The first-order valence-electron chi connectivity index (χ1n) is 8.68. The van der Waals surface area contributed by atoms with Crippen LogP contribution in [0.5, 0.6) is 0 Å². The van der Waals surface area contributed by atoms with Crippen LogP contribution in [0.25, 0.3) is 0 Å². The van der Waals surface area contributed by atoms with E-state index in [0.29, 0.717) is 25.7 Å². The van der Waals surface area contributed by atoms with Gasteiger partial charge in [0.25, 0.3) is 0 Å². The Balaban J connectivity index is 1.76. The minimum absolute atomic E-state index is 0.373. The summed E-state index contributed by atoms with van der Waals surface area (Å²) in [5, 5.41) is 12.4. The van der Waals surface area contributed by atoms with Crippen molar-refractivity contribution < 1.29 is 9.84 Å². The fourth-order valence-electron chi connectivity index (χ4n) is 2.54. The van der Waals surface area contributed by atoms with Crippen molar-refractivity contribution in [2.45, 2.75) is 39.5 Å². The highest BCUT2D eigenvalue weighted by Gasteiger charge is 2.13. The summed E-state index contributed by atoms with van der Waals surface area (Å²) in [6, 6.07) is 14.3. The zero-order valence-electron chi connectivity index (χ0n) is 14.7. The van der Waals surface area contributed by atoms with Crippen molar-refractivity contribution in [1.82, 2.24) is 4.90 Å². The van der Waals surface area contributed by atoms with E-state index in [1.807, 2.05) is 30.3 Å². The van der Waals surface area contributed by atoms with Gasteiger partial charge in [-0.25, -0.2) is 0 Å². The molecule has 0 unspecified atom stereocenters. The molecule has 0 aliphatic heterocycles. The molecule has 1 aromatic heterocycles. The number of rotatable bonds is 11. The molecule has 4 heteroatoms. The molecule has 0 saturated heterocycles. The van der Waals surface area contributed by atoms with E-state index in [4.69, 9.17) is 4.74 Å². The standard InChI is InChI=1S/C20H29NO2S/c1-17(2)10-11-21(14-20-9-6-12-24-20)13-19(22)16-23-15-18-7-4-3-5-8-18/h3-9,12,17,19,22H,10-11,13-16H2,1-2H3/t19-/m0/s1. The SMILES string of the molecule is CC(C)CCN(Cc1cccs1)C[C@H](O)COCc1ccccc1. The highest BCUT2D eigenvalue weighted by atomic mass is 32.1. The average molecular weight is 348 g/mol. The number of thiophene rings is 1. The molecule has 0 aliphatic rings. The molecule has 1 atom stereocenters. The van der Waals surface area contributed by atoms with Gasteiger partial charge >= 0.3 is 0 Å². The molecule has 0 bridgehead atoms. The van der Waals surface area contributed by atoms with E-state index in [-0.39, 0.29) is 0 Å². The quantitative estimate of drug-likeness (QED) is 0.662. The van der Waals surface area contributed by atoms with Gasteiger partial charge in [-0.15, -0.1) is 11.3 Å². The summed E-state index contributed by atoms with van der Waals surface area (Å²) >= 11 is 1.77. The van der Waals surface area contributed by atoms with Crippen LogP contribution in [0.4, 0.5) is 0 Å². The lowest BCUT2D eigenvalue weighted by molar-refractivity contribution is 0.00805. The van der Waals surface area contributed by atoms with Gasteiger partial charge in [-0.1, -0.05) is 50.2 Å². The fourth-order valence-corrected chi connectivity index (χ4v) is 3.28. The topological polar surface area (TPSA) is 32.7 Å². The fraction of sp³-hybridized carbons (Fsp3) is 0.500. The van der Waals surface area contributed by atoms with Crippen LogP contribution in [0.3, 0.4) is 0 Å². The number of benzene rings is 1. The number of ether oxygens (including phenoxy) is 1. The summed E-state index contributed by atoms with van der Waals surface area (Å²) in [6.07, 6.45) is 0.684. The molecular formula is C20H29NO2S. The first-order valence-corrected chi connectivity index (χ1v) is 9.56. The van der Waals surface area contributed by atoms with Crippen molar-refractivity contribution in [3.05, 3.63) is 58.3 Å². The predicted molar refractivity (Wildman–Crippen MR) is 101 cm³/mol. The van der Waals surface area contributed by atoms with Crippen molar-refractivity contribution in [2.24, 2.45) is 5.92 Å². The Morgan fingerprint density at radius 3 is 2.58 bits per heavy atom. The van der Waals surface area contributed by atoms with Gasteiger partial charge in [0.1, 0.15) is 0 Å². The van der Waals surface area contributed by atoms with Crippen LogP contribution in [0.15, 0.2) is 47.8 Å². The van der Waals surface area contributed by atoms with Crippen molar-refractivity contribution in [3.8, 4) is 0 Å². The van der Waals surface area contributed by atoms with Crippen LogP contribution < -0.4 is 0 Å². The monoisotopic (exact) mass is 347 g/mol. The molecule has 2 rings (SSSR count). The number of hydrogen-bond donors (Lipinski definition) is 1.